The van der Waals surface area contributed by atoms with E-state index in [9.17, 15) is 14.5 Å². The number of nitro benzene ring substituents is 1. The quantitative estimate of drug-likeness (QED) is 0.515. The maximum atomic E-state index is 13.2. The van der Waals surface area contributed by atoms with Crippen molar-refractivity contribution in [2.45, 2.75) is 0 Å². The SMILES string of the molecule is O=[N+]([O-])c1ccc(NN=Nc2ccccc2F)cc1. The number of nitrogens with one attached hydrogen (secondary N) is 1. The number of hydrogen-bond acceptors (Lipinski definition) is 4. The van der Waals surface area contributed by atoms with Gasteiger partial charge in [-0.15, -0.1) is 5.11 Å². The Kier molecular flexibility index (Phi) is 3.77. The molecule has 0 spiro atoms. The lowest BCUT2D eigenvalue weighted by Crippen LogP contribution is -1.89. The van der Waals surface area contributed by atoms with Gasteiger partial charge in [0.15, 0.2) is 5.82 Å². The smallest absolute Gasteiger partial charge is 0.260 e. The minimum atomic E-state index is -0.495. The summed E-state index contributed by atoms with van der Waals surface area (Å²) in [6.45, 7) is 0. The number of benzene rings is 2. The van der Waals surface area contributed by atoms with Crippen LogP contribution in [0, 0.1) is 15.9 Å². The fourth-order valence-electron chi connectivity index (χ4n) is 1.33. The van der Waals surface area contributed by atoms with Crippen molar-refractivity contribution in [1.29, 1.82) is 0 Å². The zero-order valence-corrected chi connectivity index (χ0v) is 9.65. The van der Waals surface area contributed by atoms with E-state index in [0.717, 1.165) is 0 Å². The van der Waals surface area contributed by atoms with E-state index in [0.29, 0.717) is 5.69 Å². The first kappa shape index (κ1) is 12.6. The molecule has 0 unspecified atom stereocenters. The Hall–Kier alpha value is -2.83. The molecule has 0 bridgehead atoms. The van der Waals surface area contributed by atoms with Crippen LogP contribution < -0.4 is 5.43 Å². The molecular weight excluding hydrogens is 251 g/mol. The molecule has 19 heavy (non-hydrogen) atoms. The van der Waals surface area contributed by atoms with Gasteiger partial charge < -0.3 is 0 Å². The maximum Gasteiger partial charge on any atom is 0.269 e. The number of nitro groups is 1. The molecular formula is C12H9FN4O2. The summed E-state index contributed by atoms with van der Waals surface area (Å²) in [5.41, 5.74) is 3.17. The molecule has 1 N–H and O–H groups in total. The minimum Gasteiger partial charge on any atom is -0.260 e. The third-order valence-electron chi connectivity index (χ3n) is 2.27. The van der Waals surface area contributed by atoms with E-state index in [-0.39, 0.29) is 11.4 Å². The van der Waals surface area contributed by atoms with Gasteiger partial charge in [-0.05, 0) is 24.3 Å². The highest BCUT2D eigenvalue weighted by Gasteiger charge is 2.03. The van der Waals surface area contributed by atoms with E-state index in [1.54, 1.807) is 12.1 Å². The molecule has 0 fully saturated rings. The van der Waals surface area contributed by atoms with E-state index in [4.69, 9.17) is 0 Å². The van der Waals surface area contributed by atoms with Gasteiger partial charge in [-0.3, -0.25) is 15.5 Å². The number of anilines is 1. The van der Waals surface area contributed by atoms with Crippen molar-refractivity contribution < 1.29 is 9.31 Å². The zero-order valence-electron chi connectivity index (χ0n) is 9.65. The second-order valence-electron chi connectivity index (χ2n) is 3.57. The van der Waals surface area contributed by atoms with Gasteiger partial charge in [0.2, 0.25) is 0 Å². The Morgan fingerprint density at radius 3 is 2.42 bits per heavy atom. The first-order chi connectivity index (χ1) is 9.16. The molecule has 96 valence electrons. The molecule has 6 nitrogen and oxygen atoms in total. The zero-order chi connectivity index (χ0) is 13.7. The van der Waals surface area contributed by atoms with Crippen molar-refractivity contribution >= 4 is 17.1 Å². The average Bonchev–Trinajstić information content (AvgIpc) is 2.41. The molecule has 2 aromatic rings. The molecule has 0 heterocycles. The standard InChI is InChI=1S/C12H9FN4O2/c13-11-3-1-2-4-12(11)15-16-14-9-5-7-10(8-6-9)17(18)19/h1-8H,(H,14,15). The molecule has 0 amide bonds. The lowest BCUT2D eigenvalue weighted by Gasteiger charge is -1.98. The lowest BCUT2D eigenvalue weighted by atomic mass is 10.3. The Morgan fingerprint density at radius 1 is 1.11 bits per heavy atom. The van der Waals surface area contributed by atoms with Crippen molar-refractivity contribution in [3.05, 3.63) is 64.5 Å². The van der Waals surface area contributed by atoms with Gasteiger partial charge >= 0.3 is 0 Å². The Labute approximate surface area is 107 Å². The molecule has 2 aromatic carbocycles. The van der Waals surface area contributed by atoms with Gasteiger partial charge in [-0.2, -0.15) is 0 Å². The van der Waals surface area contributed by atoms with Gasteiger partial charge in [0.05, 0.1) is 10.6 Å². The summed E-state index contributed by atoms with van der Waals surface area (Å²) in [6.07, 6.45) is 0. The fraction of sp³-hybridized carbons (Fsp3) is 0. The van der Waals surface area contributed by atoms with Crippen LogP contribution in [0.1, 0.15) is 0 Å². The van der Waals surface area contributed by atoms with E-state index < -0.39 is 10.7 Å². The molecule has 0 radical (unpaired) electrons. The van der Waals surface area contributed by atoms with Crippen molar-refractivity contribution in [3.8, 4) is 0 Å². The summed E-state index contributed by atoms with van der Waals surface area (Å²) in [6, 6.07) is 11.6. The van der Waals surface area contributed by atoms with Crippen molar-refractivity contribution in [2.24, 2.45) is 10.3 Å². The van der Waals surface area contributed by atoms with E-state index in [1.165, 1.54) is 36.4 Å². The lowest BCUT2D eigenvalue weighted by molar-refractivity contribution is -0.384. The maximum absolute atomic E-state index is 13.2. The van der Waals surface area contributed by atoms with Crippen LogP contribution in [0.3, 0.4) is 0 Å². The van der Waals surface area contributed by atoms with Gasteiger partial charge in [0.1, 0.15) is 5.69 Å². The van der Waals surface area contributed by atoms with Crippen LogP contribution in [0.4, 0.5) is 21.5 Å². The summed E-state index contributed by atoms with van der Waals surface area (Å²) in [5, 5.41) is 17.7. The van der Waals surface area contributed by atoms with Crippen molar-refractivity contribution in [1.82, 2.24) is 0 Å². The van der Waals surface area contributed by atoms with Crippen LogP contribution in [0.5, 0.6) is 0 Å². The summed E-state index contributed by atoms with van der Waals surface area (Å²) >= 11 is 0. The number of halogens is 1. The number of rotatable bonds is 4. The van der Waals surface area contributed by atoms with Crippen LogP contribution >= 0.6 is 0 Å². The molecule has 0 saturated carbocycles. The topological polar surface area (TPSA) is 79.9 Å². The Balaban J connectivity index is 2.03. The fourth-order valence-corrected chi connectivity index (χ4v) is 1.33. The highest BCUT2D eigenvalue weighted by atomic mass is 19.1. The number of nitrogens with zero attached hydrogens (tertiary/aromatic N) is 3. The normalized spacial score (nSPS) is 10.6. The highest BCUT2D eigenvalue weighted by Crippen LogP contribution is 2.18. The summed E-state index contributed by atoms with van der Waals surface area (Å²) in [4.78, 5) is 9.95. The van der Waals surface area contributed by atoms with E-state index in [2.05, 4.69) is 15.8 Å². The molecule has 0 aromatic heterocycles. The van der Waals surface area contributed by atoms with Crippen LogP contribution in [0.25, 0.3) is 0 Å². The second kappa shape index (κ2) is 5.67. The monoisotopic (exact) mass is 260 g/mol. The molecule has 0 aliphatic rings. The minimum absolute atomic E-state index is 0.0170. The Bertz CT molecular complexity index is 613. The predicted molar refractivity (Wildman–Crippen MR) is 67.6 cm³/mol. The van der Waals surface area contributed by atoms with Crippen LogP contribution in [0.15, 0.2) is 58.9 Å². The molecule has 0 aliphatic carbocycles. The molecule has 0 atom stereocenters. The molecule has 0 saturated heterocycles. The van der Waals surface area contributed by atoms with Crippen LogP contribution in [0.2, 0.25) is 0 Å². The predicted octanol–water partition coefficient (Wildman–Crippen LogP) is 3.84. The van der Waals surface area contributed by atoms with Crippen molar-refractivity contribution in [3.63, 3.8) is 0 Å². The third kappa shape index (κ3) is 3.32. The largest absolute Gasteiger partial charge is 0.269 e. The van der Waals surface area contributed by atoms with Crippen LogP contribution in [-0.4, -0.2) is 4.92 Å². The Morgan fingerprint density at radius 2 is 1.79 bits per heavy atom. The third-order valence-corrected chi connectivity index (χ3v) is 2.27. The first-order valence-corrected chi connectivity index (χ1v) is 5.32. The summed E-state index contributed by atoms with van der Waals surface area (Å²) in [5.74, 6) is -0.475. The molecule has 2 rings (SSSR count). The van der Waals surface area contributed by atoms with Gasteiger partial charge in [-0.25, -0.2) is 4.39 Å². The van der Waals surface area contributed by atoms with Gasteiger partial charge in [0, 0.05) is 12.1 Å². The van der Waals surface area contributed by atoms with E-state index >= 15 is 0 Å². The molecule has 0 aliphatic heterocycles. The van der Waals surface area contributed by atoms with Crippen LogP contribution in [-0.2, 0) is 0 Å². The number of non-ortho nitro benzene ring substituents is 1. The highest BCUT2D eigenvalue weighted by molar-refractivity contribution is 5.48. The average molecular weight is 260 g/mol. The summed E-state index contributed by atoms with van der Waals surface area (Å²) < 4.78 is 13.2. The van der Waals surface area contributed by atoms with E-state index in [1.807, 2.05) is 0 Å². The van der Waals surface area contributed by atoms with Gasteiger partial charge in [0.25, 0.3) is 5.69 Å². The van der Waals surface area contributed by atoms with Gasteiger partial charge in [-0.1, -0.05) is 17.4 Å². The molecule has 7 heteroatoms. The number of hydrogen-bond donors (Lipinski definition) is 1. The second-order valence-corrected chi connectivity index (χ2v) is 3.57. The summed E-state index contributed by atoms with van der Waals surface area (Å²) in [7, 11) is 0. The van der Waals surface area contributed by atoms with Crippen molar-refractivity contribution in [2.75, 3.05) is 5.43 Å². The first-order valence-electron chi connectivity index (χ1n) is 5.32.